The van der Waals surface area contributed by atoms with Crippen molar-refractivity contribution < 1.29 is 27.8 Å². The lowest BCUT2D eigenvalue weighted by Gasteiger charge is -2.23. The number of hydrogen-bond acceptors (Lipinski definition) is 3. The second kappa shape index (κ2) is 6.70. The molecule has 96 valence electrons. The van der Waals surface area contributed by atoms with E-state index in [1.54, 1.807) is 6.92 Å². The fourth-order valence-corrected chi connectivity index (χ4v) is 1.09. The molecule has 0 fully saturated rings. The van der Waals surface area contributed by atoms with Gasteiger partial charge in [0.2, 0.25) is 0 Å². The van der Waals surface area contributed by atoms with Gasteiger partial charge in [-0.25, -0.2) is 0 Å². The molecule has 0 saturated carbocycles. The molecule has 0 saturated heterocycles. The predicted octanol–water partition coefficient (Wildman–Crippen LogP) is 0.795. The number of hydrogen-bond donors (Lipinski definition) is 1. The predicted molar refractivity (Wildman–Crippen MR) is 50.8 cm³/mol. The highest BCUT2D eigenvalue weighted by Gasteiger charge is 2.30. The van der Waals surface area contributed by atoms with E-state index in [1.165, 1.54) is 11.8 Å². The number of carbonyl (C=O) groups excluding carboxylic acids is 1. The number of halogens is 3. The molecule has 16 heavy (non-hydrogen) atoms. The summed E-state index contributed by atoms with van der Waals surface area (Å²) in [6.45, 7) is 1.66. The van der Waals surface area contributed by atoms with E-state index in [0.717, 1.165) is 0 Å². The molecule has 4 nitrogen and oxygen atoms in total. The minimum Gasteiger partial charge on any atom is -0.395 e. The molecule has 0 aliphatic carbocycles. The standard InChI is InChI=1S/C9H16F3NO3/c1-3-13(4-5-14)8(15)7(2)16-6-9(10,11)12/h7,14H,3-6H2,1-2H3. The zero-order valence-corrected chi connectivity index (χ0v) is 9.25. The number of aliphatic hydroxyl groups is 1. The van der Waals surface area contributed by atoms with Gasteiger partial charge in [0, 0.05) is 13.1 Å². The number of alkyl halides is 3. The molecule has 0 aromatic carbocycles. The number of rotatable bonds is 6. The van der Waals surface area contributed by atoms with Crippen LogP contribution in [-0.2, 0) is 9.53 Å². The van der Waals surface area contributed by atoms with Crippen molar-refractivity contribution >= 4 is 5.91 Å². The Kier molecular flexibility index (Phi) is 6.35. The van der Waals surface area contributed by atoms with E-state index in [4.69, 9.17) is 5.11 Å². The van der Waals surface area contributed by atoms with Gasteiger partial charge in [-0.15, -0.1) is 0 Å². The Morgan fingerprint density at radius 3 is 2.44 bits per heavy atom. The first-order valence-electron chi connectivity index (χ1n) is 4.89. The molecule has 0 heterocycles. The fourth-order valence-electron chi connectivity index (χ4n) is 1.09. The maximum Gasteiger partial charge on any atom is 0.411 e. The van der Waals surface area contributed by atoms with E-state index in [2.05, 4.69) is 4.74 Å². The van der Waals surface area contributed by atoms with Gasteiger partial charge >= 0.3 is 6.18 Å². The van der Waals surface area contributed by atoms with Crippen LogP contribution in [0.4, 0.5) is 13.2 Å². The van der Waals surface area contributed by atoms with E-state index in [9.17, 15) is 18.0 Å². The first-order valence-corrected chi connectivity index (χ1v) is 4.89. The first-order chi connectivity index (χ1) is 7.31. The minimum atomic E-state index is -4.44. The number of aliphatic hydroxyl groups excluding tert-OH is 1. The van der Waals surface area contributed by atoms with E-state index in [-0.39, 0.29) is 13.2 Å². The molecule has 0 rings (SSSR count). The van der Waals surface area contributed by atoms with Crippen molar-refractivity contribution in [1.29, 1.82) is 0 Å². The summed E-state index contributed by atoms with van der Waals surface area (Å²) < 4.78 is 39.9. The Bertz CT molecular complexity index is 221. The smallest absolute Gasteiger partial charge is 0.395 e. The molecular weight excluding hydrogens is 227 g/mol. The molecule has 0 aliphatic heterocycles. The molecule has 0 aromatic rings. The van der Waals surface area contributed by atoms with Crippen LogP contribution in [-0.4, -0.2) is 54.5 Å². The van der Waals surface area contributed by atoms with Crippen LogP contribution in [0.5, 0.6) is 0 Å². The monoisotopic (exact) mass is 243 g/mol. The maximum atomic E-state index is 11.8. The highest BCUT2D eigenvalue weighted by atomic mass is 19.4. The van der Waals surface area contributed by atoms with Crippen molar-refractivity contribution in [3.05, 3.63) is 0 Å². The van der Waals surface area contributed by atoms with Crippen LogP contribution in [0.3, 0.4) is 0 Å². The highest BCUT2D eigenvalue weighted by Crippen LogP contribution is 2.15. The van der Waals surface area contributed by atoms with Gasteiger partial charge in [-0.3, -0.25) is 4.79 Å². The molecule has 0 aliphatic rings. The first kappa shape index (κ1) is 15.2. The zero-order valence-electron chi connectivity index (χ0n) is 9.25. The Morgan fingerprint density at radius 2 is 2.06 bits per heavy atom. The maximum absolute atomic E-state index is 11.8. The molecule has 0 radical (unpaired) electrons. The average molecular weight is 243 g/mol. The molecular formula is C9H16F3NO3. The third-order valence-corrected chi connectivity index (χ3v) is 1.91. The molecule has 0 spiro atoms. The van der Waals surface area contributed by atoms with Crippen molar-refractivity contribution in [2.24, 2.45) is 0 Å². The average Bonchev–Trinajstić information content (AvgIpc) is 2.20. The SMILES string of the molecule is CCN(CCO)C(=O)C(C)OCC(F)(F)F. The van der Waals surface area contributed by atoms with E-state index >= 15 is 0 Å². The molecule has 1 N–H and O–H groups in total. The Balaban J connectivity index is 4.15. The van der Waals surface area contributed by atoms with E-state index in [0.29, 0.717) is 6.54 Å². The van der Waals surface area contributed by atoms with E-state index in [1.807, 2.05) is 0 Å². The number of carbonyl (C=O) groups is 1. The van der Waals surface area contributed by atoms with Gasteiger partial charge in [0.05, 0.1) is 6.61 Å². The van der Waals surface area contributed by atoms with Crippen LogP contribution in [0.2, 0.25) is 0 Å². The normalized spacial score (nSPS) is 13.6. The lowest BCUT2D eigenvalue weighted by Crippen LogP contribution is -2.41. The number of likely N-dealkylation sites (N-methyl/N-ethyl adjacent to an activating group) is 1. The lowest BCUT2D eigenvalue weighted by molar-refractivity contribution is -0.188. The number of nitrogens with zero attached hydrogens (tertiary/aromatic N) is 1. The lowest BCUT2D eigenvalue weighted by atomic mass is 10.3. The van der Waals surface area contributed by atoms with Crippen molar-refractivity contribution in [2.75, 3.05) is 26.3 Å². The topological polar surface area (TPSA) is 49.8 Å². The second-order valence-electron chi connectivity index (χ2n) is 3.21. The van der Waals surface area contributed by atoms with Crippen molar-refractivity contribution in [3.8, 4) is 0 Å². The number of amides is 1. The van der Waals surface area contributed by atoms with Crippen LogP contribution in [0, 0.1) is 0 Å². The summed E-state index contributed by atoms with van der Waals surface area (Å²) in [7, 11) is 0. The largest absolute Gasteiger partial charge is 0.411 e. The van der Waals surface area contributed by atoms with Gasteiger partial charge in [-0.2, -0.15) is 13.2 Å². The quantitative estimate of drug-likeness (QED) is 0.750. The Hall–Kier alpha value is -0.820. The van der Waals surface area contributed by atoms with Crippen molar-refractivity contribution in [3.63, 3.8) is 0 Å². The van der Waals surface area contributed by atoms with Gasteiger partial charge < -0.3 is 14.7 Å². The summed E-state index contributed by atoms with van der Waals surface area (Å²) in [6.07, 6.45) is -5.60. The zero-order chi connectivity index (χ0) is 12.8. The summed E-state index contributed by atoms with van der Waals surface area (Å²) >= 11 is 0. The van der Waals surface area contributed by atoms with Gasteiger partial charge in [0.25, 0.3) is 5.91 Å². The summed E-state index contributed by atoms with van der Waals surface area (Å²) in [4.78, 5) is 12.7. The van der Waals surface area contributed by atoms with Gasteiger partial charge in [0.1, 0.15) is 12.7 Å². The Labute approximate surface area is 92.0 Å². The van der Waals surface area contributed by atoms with Crippen molar-refractivity contribution in [2.45, 2.75) is 26.1 Å². The van der Waals surface area contributed by atoms with Crippen LogP contribution in [0.15, 0.2) is 0 Å². The Morgan fingerprint density at radius 1 is 1.50 bits per heavy atom. The minimum absolute atomic E-state index is 0.0923. The molecule has 0 aromatic heterocycles. The fraction of sp³-hybridized carbons (Fsp3) is 0.889. The third kappa shape index (κ3) is 5.92. The molecule has 1 amide bonds. The summed E-state index contributed by atoms with van der Waals surface area (Å²) in [6, 6.07) is 0. The third-order valence-electron chi connectivity index (χ3n) is 1.91. The molecule has 1 atom stereocenters. The van der Waals surface area contributed by atoms with Gasteiger partial charge in [-0.05, 0) is 13.8 Å². The molecule has 7 heteroatoms. The highest BCUT2D eigenvalue weighted by molar-refractivity contribution is 5.80. The van der Waals surface area contributed by atoms with Crippen LogP contribution >= 0.6 is 0 Å². The van der Waals surface area contributed by atoms with Crippen LogP contribution in [0.1, 0.15) is 13.8 Å². The van der Waals surface area contributed by atoms with Crippen LogP contribution < -0.4 is 0 Å². The summed E-state index contributed by atoms with van der Waals surface area (Å²) in [5.74, 6) is -0.555. The van der Waals surface area contributed by atoms with Gasteiger partial charge in [-0.1, -0.05) is 0 Å². The van der Waals surface area contributed by atoms with Gasteiger partial charge in [0.15, 0.2) is 0 Å². The van der Waals surface area contributed by atoms with E-state index < -0.39 is 24.8 Å². The van der Waals surface area contributed by atoms with Crippen LogP contribution in [0.25, 0.3) is 0 Å². The molecule has 1 unspecified atom stereocenters. The second-order valence-corrected chi connectivity index (χ2v) is 3.21. The van der Waals surface area contributed by atoms with Crippen molar-refractivity contribution in [1.82, 2.24) is 4.90 Å². The summed E-state index contributed by atoms with van der Waals surface area (Å²) in [5.41, 5.74) is 0. The molecule has 0 bridgehead atoms. The summed E-state index contributed by atoms with van der Waals surface area (Å²) in [5, 5.41) is 8.64. The number of ether oxygens (including phenoxy) is 1.